The smallest absolute Gasteiger partial charge is 0.254 e. The van der Waals surface area contributed by atoms with Crippen molar-refractivity contribution in [1.82, 2.24) is 10.6 Å². The number of carbonyl (C=O) groups excluding carboxylic acids is 2. The number of amides is 2. The lowest BCUT2D eigenvalue weighted by Gasteiger charge is -2.10. The van der Waals surface area contributed by atoms with Gasteiger partial charge >= 0.3 is 0 Å². The highest BCUT2D eigenvalue weighted by molar-refractivity contribution is 5.94. The molecule has 0 saturated carbocycles. The van der Waals surface area contributed by atoms with Crippen molar-refractivity contribution in [2.45, 2.75) is 32.3 Å². The van der Waals surface area contributed by atoms with E-state index in [0.717, 1.165) is 18.6 Å². The molecule has 0 aromatic heterocycles. The Hall–Kier alpha value is -2.44. The third kappa shape index (κ3) is 5.05. The Kier molecular flexibility index (Phi) is 6.08. The summed E-state index contributed by atoms with van der Waals surface area (Å²) in [6.07, 6.45) is 1.56. The van der Waals surface area contributed by atoms with Crippen LogP contribution in [0.1, 0.15) is 36.5 Å². The molecular formula is C16H20FN3O3. The Morgan fingerprint density at radius 1 is 1.35 bits per heavy atom. The number of hydrogen-bond acceptors (Lipinski definition) is 4. The first-order valence-corrected chi connectivity index (χ1v) is 7.61. The fraction of sp³-hybridized carbons (Fsp3) is 0.438. The van der Waals surface area contributed by atoms with Crippen molar-refractivity contribution in [2.24, 2.45) is 5.16 Å². The monoisotopic (exact) mass is 321 g/mol. The summed E-state index contributed by atoms with van der Waals surface area (Å²) in [5.41, 5.74) is 0.956. The van der Waals surface area contributed by atoms with E-state index >= 15 is 0 Å². The molecule has 1 atom stereocenters. The minimum atomic E-state index is -0.584. The molecular weight excluding hydrogens is 301 g/mol. The van der Waals surface area contributed by atoms with E-state index in [-0.39, 0.29) is 30.5 Å². The SMILES string of the molecule is CCC1=NO[C@@H](CNC(=O)CCNC(=O)c2ccccc2F)C1. The molecule has 2 N–H and O–H groups in total. The quantitative estimate of drug-likeness (QED) is 0.801. The fourth-order valence-corrected chi connectivity index (χ4v) is 2.15. The topological polar surface area (TPSA) is 79.8 Å². The van der Waals surface area contributed by atoms with Crippen LogP contribution in [0.25, 0.3) is 0 Å². The van der Waals surface area contributed by atoms with Crippen LogP contribution in [0.4, 0.5) is 4.39 Å². The number of hydrogen-bond donors (Lipinski definition) is 2. The second kappa shape index (κ2) is 8.26. The average Bonchev–Trinajstić information content (AvgIpc) is 3.01. The van der Waals surface area contributed by atoms with Gasteiger partial charge in [0.15, 0.2) is 0 Å². The van der Waals surface area contributed by atoms with E-state index in [0.29, 0.717) is 6.54 Å². The zero-order chi connectivity index (χ0) is 16.7. The van der Waals surface area contributed by atoms with E-state index in [9.17, 15) is 14.0 Å². The first-order valence-electron chi connectivity index (χ1n) is 7.61. The highest BCUT2D eigenvalue weighted by Gasteiger charge is 2.20. The van der Waals surface area contributed by atoms with Crippen molar-refractivity contribution in [1.29, 1.82) is 0 Å². The van der Waals surface area contributed by atoms with Crippen LogP contribution in [-0.2, 0) is 9.63 Å². The van der Waals surface area contributed by atoms with Gasteiger partial charge < -0.3 is 15.5 Å². The molecule has 23 heavy (non-hydrogen) atoms. The molecule has 0 fully saturated rings. The van der Waals surface area contributed by atoms with Crippen molar-refractivity contribution < 1.29 is 18.8 Å². The maximum Gasteiger partial charge on any atom is 0.254 e. The third-order valence-corrected chi connectivity index (χ3v) is 3.49. The summed E-state index contributed by atoms with van der Waals surface area (Å²) in [7, 11) is 0. The molecule has 0 radical (unpaired) electrons. The summed E-state index contributed by atoms with van der Waals surface area (Å²) < 4.78 is 13.4. The van der Waals surface area contributed by atoms with E-state index in [1.165, 1.54) is 18.2 Å². The van der Waals surface area contributed by atoms with Gasteiger partial charge in [-0.25, -0.2) is 4.39 Å². The van der Waals surface area contributed by atoms with Crippen LogP contribution < -0.4 is 10.6 Å². The maximum atomic E-state index is 13.4. The highest BCUT2D eigenvalue weighted by Crippen LogP contribution is 2.11. The minimum Gasteiger partial charge on any atom is -0.390 e. The summed E-state index contributed by atoms with van der Waals surface area (Å²) >= 11 is 0. The molecule has 1 aromatic rings. The third-order valence-electron chi connectivity index (χ3n) is 3.49. The fourth-order valence-electron chi connectivity index (χ4n) is 2.15. The van der Waals surface area contributed by atoms with Crippen LogP contribution in [0.2, 0.25) is 0 Å². The first kappa shape index (κ1) is 16.9. The lowest BCUT2D eigenvalue weighted by molar-refractivity contribution is -0.121. The lowest BCUT2D eigenvalue weighted by Crippen LogP contribution is -2.35. The Bertz CT molecular complexity index is 604. The van der Waals surface area contributed by atoms with Crippen LogP contribution in [0.15, 0.2) is 29.4 Å². The Balaban J connectivity index is 1.64. The first-order chi connectivity index (χ1) is 11.1. The summed E-state index contributed by atoms with van der Waals surface area (Å²) in [4.78, 5) is 28.7. The number of rotatable bonds is 7. The van der Waals surface area contributed by atoms with Gasteiger partial charge in [-0.3, -0.25) is 9.59 Å². The average molecular weight is 321 g/mol. The van der Waals surface area contributed by atoms with E-state index < -0.39 is 11.7 Å². The second-order valence-corrected chi connectivity index (χ2v) is 5.23. The van der Waals surface area contributed by atoms with Crippen molar-refractivity contribution in [3.05, 3.63) is 35.6 Å². The molecule has 0 aliphatic carbocycles. The molecule has 1 aliphatic rings. The number of nitrogens with zero attached hydrogens (tertiary/aromatic N) is 1. The molecule has 2 rings (SSSR count). The number of nitrogens with one attached hydrogen (secondary N) is 2. The zero-order valence-corrected chi connectivity index (χ0v) is 13.0. The van der Waals surface area contributed by atoms with Crippen LogP contribution in [0.3, 0.4) is 0 Å². The lowest BCUT2D eigenvalue weighted by atomic mass is 10.1. The molecule has 0 bridgehead atoms. The predicted octanol–water partition coefficient (Wildman–Crippen LogP) is 1.62. The molecule has 1 aromatic carbocycles. The van der Waals surface area contributed by atoms with Gasteiger partial charge in [0, 0.05) is 19.4 Å². The number of carbonyl (C=O) groups is 2. The number of halogens is 1. The molecule has 7 heteroatoms. The normalized spacial score (nSPS) is 16.4. The number of benzene rings is 1. The van der Waals surface area contributed by atoms with Gasteiger partial charge in [-0.05, 0) is 18.6 Å². The summed E-state index contributed by atoms with van der Waals surface area (Å²) in [5.74, 6) is -1.32. The molecule has 0 unspecified atom stereocenters. The largest absolute Gasteiger partial charge is 0.390 e. The van der Waals surface area contributed by atoms with Gasteiger partial charge in [-0.2, -0.15) is 0 Å². The van der Waals surface area contributed by atoms with E-state index in [4.69, 9.17) is 4.84 Å². The van der Waals surface area contributed by atoms with E-state index in [1.807, 2.05) is 6.92 Å². The van der Waals surface area contributed by atoms with Crippen molar-refractivity contribution in [2.75, 3.05) is 13.1 Å². The summed E-state index contributed by atoms with van der Waals surface area (Å²) in [6, 6.07) is 5.71. The van der Waals surface area contributed by atoms with Crippen LogP contribution in [0.5, 0.6) is 0 Å². The van der Waals surface area contributed by atoms with Crippen molar-refractivity contribution >= 4 is 17.5 Å². The number of oxime groups is 1. The van der Waals surface area contributed by atoms with Crippen LogP contribution >= 0.6 is 0 Å². The highest BCUT2D eigenvalue weighted by atomic mass is 19.1. The van der Waals surface area contributed by atoms with Gasteiger partial charge in [0.05, 0.1) is 17.8 Å². The molecule has 0 spiro atoms. The zero-order valence-electron chi connectivity index (χ0n) is 13.0. The van der Waals surface area contributed by atoms with Gasteiger partial charge in [0.1, 0.15) is 11.9 Å². The standard InChI is InChI=1S/C16H20FN3O3/c1-2-11-9-12(23-20-11)10-19-15(21)7-8-18-16(22)13-5-3-4-6-14(13)17/h3-6,12H,2,7-10H2,1H3,(H,18,22)(H,19,21)/t12-/m1/s1. The molecule has 1 heterocycles. The van der Waals surface area contributed by atoms with Gasteiger partial charge in [-0.1, -0.05) is 24.2 Å². The van der Waals surface area contributed by atoms with E-state index in [2.05, 4.69) is 15.8 Å². The molecule has 0 saturated heterocycles. The summed E-state index contributed by atoms with van der Waals surface area (Å²) in [5, 5.41) is 9.17. The predicted molar refractivity (Wildman–Crippen MR) is 83.6 cm³/mol. The Morgan fingerprint density at radius 3 is 2.83 bits per heavy atom. The Labute approximate surface area is 134 Å². The van der Waals surface area contributed by atoms with Gasteiger partial charge in [0.2, 0.25) is 5.91 Å². The molecule has 124 valence electrons. The van der Waals surface area contributed by atoms with Gasteiger partial charge in [0.25, 0.3) is 5.91 Å². The molecule has 1 aliphatic heterocycles. The molecule has 6 nitrogen and oxygen atoms in total. The van der Waals surface area contributed by atoms with Gasteiger partial charge in [-0.15, -0.1) is 0 Å². The second-order valence-electron chi connectivity index (χ2n) is 5.23. The Morgan fingerprint density at radius 2 is 2.13 bits per heavy atom. The van der Waals surface area contributed by atoms with Crippen LogP contribution in [-0.4, -0.2) is 36.7 Å². The van der Waals surface area contributed by atoms with Crippen molar-refractivity contribution in [3.8, 4) is 0 Å². The van der Waals surface area contributed by atoms with Crippen molar-refractivity contribution in [3.63, 3.8) is 0 Å². The van der Waals surface area contributed by atoms with E-state index in [1.54, 1.807) is 6.07 Å². The molecule has 2 amide bonds. The van der Waals surface area contributed by atoms with Crippen LogP contribution in [0, 0.1) is 5.82 Å². The maximum absolute atomic E-state index is 13.4. The summed E-state index contributed by atoms with van der Waals surface area (Å²) in [6.45, 7) is 2.52. The minimum absolute atomic E-state index is 0.0310.